The van der Waals surface area contributed by atoms with Crippen LogP contribution in [-0.2, 0) is 18.3 Å². The zero-order valence-electron chi connectivity index (χ0n) is 9.14. The fourth-order valence-electron chi connectivity index (χ4n) is 2.39. The van der Waals surface area contributed by atoms with E-state index in [-0.39, 0.29) is 0 Å². The van der Waals surface area contributed by atoms with E-state index < -0.39 is 0 Å². The van der Waals surface area contributed by atoms with Crippen LogP contribution in [0.4, 0.5) is 0 Å². The lowest BCUT2D eigenvalue weighted by atomic mass is 9.86. The molecular weight excluding hydrogens is 168 g/mol. The molecule has 0 bridgehead atoms. The van der Waals surface area contributed by atoms with Gasteiger partial charge in [0.25, 0.3) is 0 Å². The van der Waals surface area contributed by atoms with Crippen molar-refractivity contribution in [2.75, 3.05) is 0 Å². The molecule has 0 spiro atoms. The number of hydrogen-bond donors (Lipinski definition) is 0. The molecule has 0 heteroatoms. The summed E-state index contributed by atoms with van der Waals surface area (Å²) in [6.45, 7) is 8.46. The van der Waals surface area contributed by atoms with Crippen molar-refractivity contribution in [3.05, 3.63) is 47.5 Å². The highest BCUT2D eigenvalue weighted by molar-refractivity contribution is 5.41. The number of aryl methyl sites for hydroxylation is 1. The van der Waals surface area contributed by atoms with Crippen LogP contribution in [0.3, 0.4) is 0 Å². The molecule has 1 aromatic carbocycles. The average Bonchev–Trinajstić information content (AvgIpc) is 2.43. The molecule has 0 heterocycles. The van der Waals surface area contributed by atoms with Crippen molar-refractivity contribution in [1.82, 2.24) is 0 Å². The lowest BCUT2D eigenvalue weighted by Crippen LogP contribution is -2.11. The first kappa shape index (κ1) is 9.51. The van der Waals surface area contributed by atoms with Crippen LogP contribution in [0.15, 0.2) is 30.9 Å². The van der Waals surface area contributed by atoms with Crippen LogP contribution in [0.25, 0.3) is 0 Å². The van der Waals surface area contributed by atoms with Gasteiger partial charge in [-0.05, 0) is 41.4 Å². The summed E-state index contributed by atoms with van der Waals surface area (Å²) in [5.41, 5.74) is 4.89. The van der Waals surface area contributed by atoms with E-state index in [0.717, 1.165) is 6.42 Å². The van der Waals surface area contributed by atoms with Crippen molar-refractivity contribution in [1.29, 1.82) is 0 Å². The molecule has 0 atom stereocenters. The molecule has 1 aliphatic rings. The van der Waals surface area contributed by atoms with Crippen molar-refractivity contribution < 1.29 is 0 Å². The third kappa shape index (κ3) is 1.50. The van der Waals surface area contributed by atoms with E-state index in [1.54, 1.807) is 11.1 Å². The molecule has 0 saturated carbocycles. The first-order valence-corrected chi connectivity index (χ1v) is 5.37. The maximum Gasteiger partial charge on any atom is -0.00977 e. The van der Waals surface area contributed by atoms with Gasteiger partial charge in [-0.2, -0.15) is 0 Å². The second kappa shape index (κ2) is 3.27. The molecule has 0 fully saturated rings. The summed E-state index contributed by atoms with van der Waals surface area (Å²) < 4.78 is 0. The Balaban J connectivity index is 2.39. The van der Waals surface area contributed by atoms with Gasteiger partial charge in [-0.1, -0.05) is 38.1 Å². The zero-order chi connectivity index (χ0) is 10.2. The van der Waals surface area contributed by atoms with Crippen LogP contribution in [0.2, 0.25) is 0 Å². The number of allylic oxidation sites excluding steroid dienone is 1. The highest BCUT2D eigenvalue weighted by Gasteiger charge is 2.29. The van der Waals surface area contributed by atoms with Gasteiger partial charge in [0.05, 0.1) is 0 Å². The molecule has 74 valence electrons. The third-order valence-corrected chi connectivity index (χ3v) is 3.30. The van der Waals surface area contributed by atoms with E-state index in [0.29, 0.717) is 5.41 Å². The Morgan fingerprint density at radius 2 is 2.21 bits per heavy atom. The Hall–Kier alpha value is -1.04. The summed E-state index contributed by atoms with van der Waals surface area (Å²) in [7, 11) is 0. The van der Waals surface area contributed by atoms with Crippen LogP contribution in [0.1, 0.15) is 37.0 Å². The van der Waals surface area contributed by atoms with Gasteiger partial charge in [0.1, 0.15) is 0 Å². The second-order valence-corrected chi connectivity index (χ2v) is 4.87. The van der Waals surface area contributed by atoms with E-state index >= 15 is 0 Å². The monoisotopic (exact) mass is 186 g/mol. The predicted octanol–water partition coefficient (Wildman–Crippen LogP) is 3.64. The lowest BCUT2D eigenvalue weighted by Gasteiger charge is -2.18. The summed E-state index contributed by atoms with van der Waals surface area (Å²) >= 11 is 0. The first-order chi connectivity index (χ1) is 6.63. The molecular formula is C14H18. The topological polar surface area (TPSA) is 0 Å². The normalized spacial score (nSPS) is 17.9. The van der Waals surface area contributed by atoms with E-state index in [9.17, 15) is 0 Å². The van der Waals surface area contributed by atoms with Crippen molar-refractivity contribution in [3.63, 3.8) is 0 Å². The number of rotatable bonds is 2. The van der Waals surface area contributed by atoms with Gasteiger partial charge in [0.2, 0.25) is 0 Å². The minimum Gasteiger partial charge on any atom is -0.103 e. The van der Waals surface area contributed by atoms with E-state index in [4.69, 9.17) is 0 Å². The zero-order valence-corrected chi connectivity index (χ0v) is 9.14. The van der Waals surface area contributed by atoms with E-state index in [2.05, 4.69) is 38.6 Å². The molecule has 0 radical (unpaired) electrons. The van der Waals surface area contributed by atoms with Gasteiger partial charge < -0.3 is 0 Å². The highest BCUT2D eigenvalue weighted by atomic mass is 14.3. The fraction of sp³-hybridized carbons (Fsp3) is 0.429. The molecule has 1 aliphatic carbocycles. The Kier molecular flexibility index (Phi) is 2.22. The summed E-state index contributed by atoms with van der Waals surface area (Å²) in [5, 5.41) is 0. The summed E-state index contributed by atoms with van der Waals surface area (Å²) in [6, 6.07) is 6.90. The molecule has 14 heavy (non-hydrogen) atoms. The molecule has 0 unspecified atom stereocenters. The van der Waals surface area contributed by atoms with E-state index in [1.807, 2.05) is 6.08 Å². The molecule has 0 saturated heterocycles. The quantitative estimate of drug-likeness (QED) is 0.619. The number of hydrogen-bond acceptors (Lipinski definition) is 0. The SMILES string of the molecule is C=CCc1ccc2c(c1)CCC2(C)C. The van der Waals surface area contributed by atoms with Crippen molar-refractivity contribution in [3.8, 4) is 0 Å². The highest BCUT2D eigenvalue weighted by Crippen LogP contribution is 2.38. The van der Waals surface area contributed by atoms with Gasteiger partial charge in [-0.15, -0.1) is 6.58 Å². The Morgan fingerprint density at radius 1 is 1.43 bits per heavy atom. The van der Waals surface area contributed by atoms with Crippen molar-refractivity contribution in [2.45, 2.75) is 38.5 Å². The molecule has 0 aliphatic heterocycles. The van der Waals surface area contributed by atoms with Crippen LogP contribution in [0.5, 0.6) is 0 Å². The third-order valence-electron chi connectivity index (χ3n) is 3.30. The predicted molar refractivity (Wildman–Crippen MR) is 61.7 cm³/mol. The molecule has 0 N–H and O–H groups in total. The van der Waals surface area contributed by atoms with Gasteiger partial charge >= 0.3 is 0 Å². The van der Waals surface area contributed by atoms with Crippen LogP contribution in [-0.4, -0.2) is 0 Å². The summed E-state index contributed by atoms with van der Waals surface area (Å²) in [5.74, 6) is 0. The van der Waals surface area contributed by atoms with Gasteiger partial charge in [-0.25, -0.2) is 0 Å². The standard InChI is InChI=1S/C14H18/c1-4-5-11-6-7-13-12(10-11)8-9-14(13,2)3/h4,6-7,10H,1,5,8-9H2,2-3H3. The average molecular weight is 186 g/mol. The largest absolute Gasteiger partial charge is 0.103 e. The Labute approximate surface area is 86.7 Å². The van der Waals surface area contributed by atoms with Crippen molar-refractivity contribution >= 4 is 0 Å². The number of benzene rings is 1. The number of fused-ring (bicyclic) bond motifs is 1. The molecule has 1 aromatic rings. The molecule has 2 rings (SSSR count). The van der Waals surface area contributed by atoms with Gasteiger partial charge in [0, 0.05) is 0 Å². The molecule has 0 amide bonds. The van der Waals surface area contributed by atoms with Crippen LogP contribution < -0.4 is 0 Å². The lowest BCUT2D eigenvalue weighted by molar-refractivity contribution is 0.522. The van der Waals surface area contributed by atoms with E-state index in [1.165, 1.54) is 18.4 Å². The van der Waals surface area contributed by atoms with Crippen molar-refractivity contribution in [2.24, 2.45) is 0 Å². The molecule has 0 nitrogen and oxygen atoms in total. The van der Waals surface area contributed by atoms with Gasteiger partial charge in [-0.3, -0.25) is 0 Å². The fourth-order valence-corrected chi connectivity index (χ4v) is 2.39. The minimum atomic E-state index is 0.391. The van der Waals surface area contributed by atoms with Crippen LogP contribution >= 0.6 is 0 Å². The maximum absolute atomic E-state index is 3.78. The first-order valence-electron chi connectivity index (χ1n) is 5.37. The maximum atomic E-state index is 3.78. The Bertz CT molecular complexity index is 358. The molecule has 0 aromatic heterocycles. The van der Waals surface area contributed by atoms with Gasteiger partial charge in [0.15, 0.2) is 0 Å². The Morgan fingerprint density at radius 3 is 2.93 bits per heavy atom. The minimum absolute atomic E-state index is 0.391. The summed E-state index contributed by atoms with van der Waals surface area (Å²) in [4.78, 5) is 0. The smallest absolute Gasteiger partial charge is 0.00977 e. The van der Waals surface area contributed by atoms with Crippen LogP contribution in [0, 0.1) is 0 Å². The second-order valence-electron chi connectivity index (χ2n) is 4.87. The summed E-state index contributed by atoms with van der Waals surface area (Å²) in [6.07, 6.45) is 5.50.